The fourth-order valence-corrected chi connectivity index (χ4v) is 3.42. The third kappa shape index (κ3) is 3.30. The molecule has 2 atom stereocenters. The summed E-state index contributed by atoms with van der Waals surface area (Å²) in [5.74, 6) is 0.169. The molecule has 1 amide bonds. The van der Waals surface area contributed by atoms with E-state index in [0.717, 1.165) is 18.4 Å². The van der Waals surface area contributed by atoms with Crippen LogP contribution in [0.4, 0.5) is 0 Å². The van der Waals surface area contributed by atoms with E-state index in [1.807, 2.05) is 24.1 Å². The molecule has 0 radical (unpaired) electrons. The average Bonchev–Trinajstić information content (AvgIpc) is 2.87. The highest BCUT2D eigenvalue weighted by Gasteiger charge is 2.33. The van der Waals surface area contributed by atoms with Gasteiger partial charge in [-0.05, 0) is 43.5 Å². The first-order chi connectivity index (χ1) is 11.2. The van der Waals surface area contributed by atoms with Gasteiger partial charge in [0.15, 0.2) is 0 Å². The minimum Gasteiger partial charge on any atom is -0.334 e. The zero-order chi connectivity index (χ0) is 16.2. The molecule has 1 aromatic carbocycles. The predicted octanol–water partition coefficient (Wildman–Crippen LogP) is 3.16. The molecule has 1 aromatic rings. The van der Waals surface area contributed by atoms with Crippen molar-refractivity contribution in [3.05, 3.63) is 71.3 Å². The second-order valence-electron chi connectivity index (χ2n) is 6.28. The van der Waals surface area contributed by atoms with Crippen molar-refractivity contribution in [3.8, 4) is 0 Å². The molecule has 0 spiro atoms. The van der Waals surface area contributed by atoms with Crippen LogP contribution in [0.15, 0.2) is 60.2 Å². The molecular weight excluding hydrogens is 284 g/mol. The summed E-state index contributed by atoms with van der Waals surface area (Å²) in [6, 6.07) is 8.22. The Balaban J connectivity index is 1.90. The summed E-state index contributed by atoms with van der Waals surface area (Å²) in [4.78, 5) is 15.1. The van der Waals surface area contributed by atoms with Gasteiger partial charge in [0.25, 0.3) is 0 Å². The summed E-state index contributed by atoms with van der Waals surface area (Å²) in [6.45, 7) is 2.84. The Kier molecular flexibility index (Phi) is 4.77. The van der Waals surface area contributed by atoms with Crippen molar-refractivity contribution in [3.63, 3.8) is 0 Å². The fraction of sp³-hybridized carbons (Fsp3) is 0.350. The van der Waals surface area contributed by atoms with Gasteiger partial charge in [-0.3, -0.25) is 4.79 Å². The Hall–Kier alpha value is -2.13. The molecule has 120 valence electrons. The van der Waals surface area contributed by atoms with E-state index >= 15 is 0 Å². The summed E-state index contributed by atoms with van der Waals surface area (Å²) in [5, 5.41) is 3.21. The molecule has 23 heavy (non-hydrogen) atoms. The third-order valence-corrected chi connectivity index (χ3v) is 4.68. The first-order valence-corrected chi connectivity index (χ1v) is 8.27. The first kappa shape index (κ1) is 15.8. The number of amides is 1. The van der Waals surface area contributed by atoms with Crippen molar-refractivity contribution in [2.24, 2.45) is 0 Å². The minimum atomic E-state index is -0.256. The summed E-state index contributed by atoms with van der Waals surface area (Å²) >= 11 is 0. The summed E-state index contributed by atoms with van der Waals surface area (Å²) in [5.41, 5.74) is 3.66. The molecule has 0 fully saturated rings. The summed E-state index contributed by atoms with van der Waals surface area (Å²) in [6.07, 6.45) is 12.2. The van der Waals surface area contributed by atoms with Crippen LogP contribution in [0.1, 0.15) is 30.5 Å². The monoisotopic (exact) mass is 308 g/mol. The van der Waals surface area contributed by atoms with Gasteiger partial charge in [-0.15, -0.1) is 0 Å². The Labute approximate surface area is 138 Å². The number of fused-ring (bicyclic) bond motifs is 1. The summed E-state index contributed by atoms with van der Waals surface area (Å²) < 4.78 is 0. The molecule has 2 unspecified atom stereocenters. The molecule has 1 aliphatic heterocycles. The molecule has 0 saturated heterocycles. The molecule has 1 N–H and O–H groups in total. The molecular formula is C20H24N2O. The van der Waals surface area contributed by atoms with Gasteiger partial charge in [-0.1, -0.05) is 54.6 Å². The largest absolute Gasteiger partial charge is 0.334 e. The van der Waals surface area contributed by atoms with Gasteiger partial charge in [0.05, 0.1) is 0 Å². The van der Waals surface area contributed by atoms with Crippen LogP contribution in [0.25, 0.3) is 0 Å². The van der Waals surface area contributed by atoms with Crippen LogP contribution < -0.4 is 5.32 Å². The first-order valence-electron chi connectivity index (χ1n) is 8.27. The number of carbonyl (C=O) groups excluding carboxylic acids is 1. The molecule has 0 bridgehead atoms. The Morgan fingerprint density at radius 1 is 1.22 bits per heavy atom. The molecule has 0 saturated carbocycles. The van der Waals surface area contributed by atoms with Crippen molar-refractivity contribution in [1.29, 1.82) is 0 Å². The van der Waals surface area contributed by atoms with Crippen LogP contribution >= 0.6 is 0 Å². The molecule has 1 aliphatic carbocycles. The van der Waals surface area contributed by atoms with E-state index in [4.69, 9.17) is 0 Å². The number of hydrogen-bond acceptors (Lipinski definition) is 2. The SMILES string of the molecule is CNC1C(=O)N(CC2=CC=CC=CC2)C(C)Cc2ccccc21. The van der Waals surface area contributed by atoms with Crippen molar-refractivity contribution in [1.82, 2.24) is 10.2 Å². The third-order valence-electron chi connectivity index (χ3n) is 4.68. The van der Waals surface area contributed by atoms with E-state index in [1.165, 1.54) is 11.1 Å². The van der Waals surface area contributed by atoms with Crippen molar-refractivity contribution in [2.45, 2.75) is 31.8 Å². The lowest BCUT2D eigenvalue weighted by molar-refractivity contribution is -0.134. The second kappa shape index (κ2) is 6.97. The molecule has 2 aliphatic rings. The van der Waals surface area contributed by atoms with E-state index in [9.17, 15) is 4.79 Å². The van der Waals surface area contributed by atoms with Crippen LogP contribution in [-0.4, -0.2) is 30.4 Å². The standard InChI is InChI=1S/C20H24N2O/c1-15-13-17-11-7-8-12-18(17)19(21-2)20(23)22(15)14-16-9-5-3-4-6-10-16/h3-9,11-12,15,19,21H,10,13-14H2,1-2H3. The van der Waals surface area contributed by atoms with E-state index in [0.29, 0.717) is 6.54 Å². The molecule has 3 nitrogen and oxygen atoms in total. The maximum absolute atomic E-state index is 13.1. The van der Waals surface area contributed by atoms with Crippen molar-refractivity contribution in [2.75, 3.05) is 13.6 Å². The maximum Gasteiger partial charge on any atom is 0.244 e. The Bertz CT molecular complexity index is 672. The maximum atomic E-state index is 13.1. The lowest BCUT2D eigenvalue weighted by atomic mass is 9.98. The number of benzene rings is 1. The minimum absolute atomic E-state index is 0.169. The molecule has 0 aromatic heterocycles. The number of nitrogens with zero attached hydrogens (tertiary/aromatic N) is 1. The van der Waals surface area contributed by atoms with Gasteiger partial charge in [0.2, 0.25) is 5.91 Å². The molecule has 3 heteroatoms. The number of likely N-dealkylation sites (N-methyl/N-ethyl adjacent to an activating group) is 1. The summed E-state index contributed by atoms with van der Waals surface area (Å²) in [7, 11) is 1.86. The lowest BCUT2D eigenvalue weighted by Crippen LogP contribution is -2.44. The highest BCUT2D eigenvalue weighted by atomic mass is 16.2. The van der Waals surface area contributed by atoms with Crippen LogP contribution in [0.5, 0.6) is 0 Å². The normalized spacial score (nSPS) is 24.0. The number of hydrogen-bond donors (Lipinski definition) is 1. The highest BCUT2D eigenvalue weighted by Crippen LogP contribution is 2.28. The van der Waals surface area contributed by atoms with Crippen LogP contribution in [0, 0.1) is 0 Å². The fourth-order valence-electron chi connectivity index (χ4n) is 3.42. The van der Waals surface area contributed by atoms with Gasteiger partial charge in [-0.2, -0.15) is 0 Å². The van der Waals surface area contributed by atoms with E-state index in [-0.39, 0.29) is 18.0 Å². The van der Waals surface area contributed by atoms with E-state index in [2.05, 4.69) is 54.7 Å². The smallest absolute Gasteiger partial charge is 0.244 e. The highest BCUT2D eigenvalue weighted by molar-refractivity contribution is 5.85. The van der Waals surface area contributed by atoms with Gasteiger partial charge in [0.1, 0.15) is 6.04 Å². The van der Waals surface area contributed by atoms with Gasteiger partial charge < -0.3 is 10.2 Å². The van der Waals surface area contributed by atoms with Crippen LogP contribution in [0.3, 0.4) is 0 Å². The number of carbonyl (C=O) groups is 1. The zero-order valence-electron chi connectivity index (χ0n) is 13.8. The predicted molar refractivity (Wildman–Crippen MR) is 94.1 cm³/mol. The number of rotatable bonds is 3. The van der Waals surface area contributed by atoms with E-state index in [1.54, 1.807) is 0 Å². The van der Waals surface area contributed by atoms with E-state index < -0.39 is 0 Å². The Morgan fingerprint density at radius 3 is 2.87 bits per heavy atom. The van der Waals surface area contributed by atoms with Crippen molar-refractivity contribution < 1.29 is 4.79 Å². The van der Waals surface area contributed by atoms with Gasteiger partial charge in [-0.25, -0.2) is 0 Å². The zero-order valence-corrected chi connectivity index (χ0v) is 13.8. The number of nitrogens with one attached hydrogen (secondary N) is 1. The quantitative estimate of drug-likeness (QED) is 0.930. The van der Waals surface area contributed by atoms with Gasteiger partial charge in [0, 0.05) is 12.6 Å². The average molecular weight is 308 g/mol. The van der Waals surface area contributed by atoms with Crippen molar-refractivity contribution >= 4 is 5.91 Å². The molecule has 3 rings (SSSR count). The lowest BCUT2D eigenvalue weighted by Gasteiger charge is -2.30. The van der Waals surface area contributed by atoms with Crippen LogP contribution in [0.2, 0.25) is 0 Å². The molecule has 1 heterocycles. The second-order valence-corrected chi connectivity index (χ2v) is 6.28. The topological polar surface area (TPSA) is 32.3 Å². The van der Waals surface area contributed by atoms with Crippen LogP contribution in [-0.2, 0) is 11.2 Å². The number of allylic oxidation sites excluding steroid dienone is 5. The van der Waals surface area contributed by atoms with Gasteiger partial charge >= 0.3 is 0 Å². The Morgan fingerprint density at radius 2 is 2.04 bits per heavy atom.